The third kappa shape index (κ3) is 4.14. The number of benzene rings is 3. The van der Waals surface area contributed by atoms with Crippen LogP contribution >= 0.6 is 11.8 Å². The van der Waals surface area contributed by atoms with Gasteiger partial charge in [-0.15, -0.1) is 0 Å². The van der Waals surface area contributed by atoms with Gasteiger partial charge in [0.1, 0.15) is 0 Å². The Kier molecular flexibility index (Phi) is 5.13. The second-order valence-electron chi connectivity index (χ2n) is 5.19. The molecule has 3 rings (SSSR count). The molecule has 0 saturated heterocycles. The van der Waals surface area contributed by atoms with Crippen molar-refractivity contribution < 1.29 is 4.92 Å². The number of nitrogens with one attached hydrogen (secondary N) is 1. The van der Waals surface area contributed by atoms with Crippen molar-refractivity contribution in [3.8, 4) is 0 Å². The third-order valence-electron chi connectivity index (χ3n) is 3.46. The van der Waals surface area contributed by atoms with Gasteiger partial charge in [0.25, 0.3) is 5.69 Å². The summed E-state index contributed by atoms with van der Waals surface area (Å²) in [6.07, 6.45) is 0. The maximum Gasteiger partial charge on any atom is 0.283 e. The van der Waals surface area contributed by atoms with Gasteiger partial charge in [-0.1, -0.05) is 54.2 Å². The van der Waals surface area contributed by atoms with Crippen LogP contribution in [-0.4, -0.2) is 4.92 Å². The highest BCUT2D eigenvalue weighted by molar-refractivity contribution is 7.99. The quantitative estimate of drug-likeness (QED) is 0.486. The molecule has 0 amide bonds. The molecule has 3 aromatic rings. The summed E-state index contributed by atoms with van der Waals surface area (Å²) in [5.41, 5.74) is 2.00. The van der Waals surface area contributed by atoms with Crippen LogP contribution in [0.15, 0.2) is 88.7 Å². The van der Waals surface area contributed by atoms with Crippen LogP contribution in [0.25, 0.3) is 0 Å². The van der Waals surface area contributed by atoms with Gasteiger partial charge < -0.3 is 5.32 Å². The fourth-order valence-corrected chi connectivity index (χ4v) is 3.20. The summed E-state index contributed by atoms with van der Waals surface area (Å²) in [5.74, 6) is 0. The Balaban J connectivity index is 1.78. The van der Waals surface area contributed by atoms with Crippen LogP contribution in [0.2, 0.25) is 0 Å². The van der Waals surface area contributed by atoms with E-state index in [1.54, 1.807) is 6.07 Å². The predicted molar refractivity (Wildman–Crippen MR) is 97.4 cm³/mol. The van der Waals surface area contributed by atoms with Crippen LogP contribution in [0.5, 0.6) is 0 Å². The number of nitro groups is 1. The molecule has 24 heavy (non-hydrogen) atoms. The molecule has 0 saturated carbocycles. The molecule has 5 heteroatoms. The predicted octanol–water partition coefficient (Wildman–Crippen LogP) is 5.36. The molecule has 0 radical (unpaired) electrons. The molecule has 0 unspecified atom stereocenters. The second kappa shape index (κ2) is 7.66. The fraction of sp³-hybridized carbons (Fsp3) is 0.0526. The molecule has 0 aliphatic rings. The summed E-state index contributed by atoms with van der Waals surface area (Å²) in [6.45, 7) is 0.543. The highest BCUT2D eigenvalue weighted by Crippen LogP contribution is 2.35. The molecule has 0 heterocycles. The zero-order chi connectivity index (χ0) is 16.8. The Morgan fingerprint density at radius 2 is 1.58 bits per heavy atom. The molecule has 4 nitrogen and oxygen atoms in total. The zero-order valence-electron chi connectivity index (χ0n) is 12.9. The Bertz CT molecular complexity index is 823. The fourth-order valence-electron chi connectivity index (χ4n) is 2.28. The average Bonchev–Trinajstić information content (AvgIpc) is 2.62. The van der Waals surface area contributed by atoms with Crippen LogP contribution in [0.4, 0.5) is 11.4 Å². The van der Waals surface area contributed by atoms with Crippen molar-refractivity contribution in [3.05, 3.63) is 94.5 Å². The van der Waals surface area contributed by atoms with Crippen molar-refractivity contribution in [2.45, 2.75) is 16.3 Å². The Hall–Kier alpha value is -2.79. The normalized spacial score (nSPS) is 10.3. The topological polar surface area (TPSA) is 55.2 Å². The molecule has 0 atom stereocenters. The first kappa shape index (κ1) is 16.1. The lowest BCUT2D eigenvalue weighted by Crippen LogP contribution is -2.00. The zero-order valence-corrected chi connectivity index (χ0v) is 13.7. The van der Waals surface area contributed by atoms with Crippen LogP contribution in [0.3, 0.4) is 0 Å². The molecule has 1 N–H and O–H groups in total. The average molecular weight is 336 g/mol. The minimum atomic E-state index is -0.322. The van der Waals surface area contributed by atoms with E-state index in [9.17, 15) is 10.1 Å². The largest absolute Gasteiger partial charge is 0.381 e. The summed E-state index contributed by atoms with van der Waals surface area (Å²) in [7, 11) is 0. The Morgan fingerprint density at radius 1 is 0.917 bits per heavy atom. The number of hydrogen-bond donors (Lipinski definition) is 1. The van der Waals surface area contributed by atoms with Crippen molar-refractivity contribution in [1.82, 2.24) is 0 Å². The van der Waals surface area contributed by atoms with Crippen LogP contribution < -0.4 is 5.32 Å². The van der Waals surface area contributed by atoms with Crippen molar-refractivity contribution in [2.75, 3.05) is 5.32 Å². The van der Waals surface area contributed by atoms with E-state index in [2.05, 4.69) is 5.32 Å². The summed E-state index contributed by atoms with van der Waals surface area (Å²) in [4.78, 5) is 12.7. The first-order valence-electron chi connectivity index (χ1n) is 7.51. The van der Waals surface area contributed by atoms with E-state index in [1.807, 2.05) is 72.8 Å². The SMILES string of the molecule is O=[N+]([O-])c1cc(CNc2ccccc2)ccc1Sc1ccccc1. The van der Waals surface area contributed by atoms with E-state index >= 15 is 0 Å². The highest BCUT2D eigenvalue weighted by Gasteiger charge is 2.15. The minimum absolute atomic E-state index is 0.135. The Labute approximate surface area is 144 Å². The van der Waals surface area contributed by atoms with Crippen LogP contribution in [0, 0.1) is 10.1 Å². The molecule has 0 aromatic heterocycles. The molecule has 0 fully saturated rings. The lowest BCUT2D eigenvalue weighted by atomic mass is 10.2. The number of para-hydroxylation sites is 1. The minimum Gasteiger partial charge on any atom is -0.381 e. The molecule has 0 spiro atoms. The van der Waals surface area contributed by atoms with Gasteiger partial charge >= 0.3 is 0 Å². The van der Waals surface area contributed by atoms with Crippen molar-refractivity contribution in [3.63, 3.8) is 0 Å². The maximum absolute atomic E-state index is 11.4. The van der Waals surface area contributed by atoms with E-state index < -0.39 is 0 Å². The van der Waals surface area contributed by atoms with Crippen molar-refractivity contribution in [2.24, 2.45) is 0 Å². The number of nitro benzene ring substituents is 1. The smallest absolute Gasteiger partial charge is 0.283 e. The van der Waals surface area contributed by atoms with Gasteiger partial charge in [0.05, 0.1) is 9.82 Å². The van der Waals surface area contributed by atoms with Gasteiger partial charge in [0, 0.05) is 23.2 Å². The molecular formula is C19H16N2O2S. The first-order valence-corrected chi connectivity index (χ1v) is 8.33. The molecule has 0 bridgehead atoms. The van der Waals surface area contributed by atoms with E-state index in [-0.39, 0.29) is 10.6 Å². The summed E-state index contributed by atoms with van der Waals surface area (Å²) >= 11 is 1.40. The molecule has 0 aliphatic carbocycles. The van der Waals surface area contributed by atoms with Gasteiger partial charge in [-0.2, -0.15) is 0 Å². The van der Waals surface area contributed by atoms with Crippen molar-refractivity contribution in [1.29, 1.82) is 0 Å². The van der Waals surface area contributed by atoms with Gasteiger partial charge in [-0.3, -0.25) is 10.1 Å². The molecular weight excluding hydrogens is 320 g/mol. The maximum atomic E-state index is 11.4. The van der Waals surface area contributed by atoms with Crippen LogP contribution in [0.1, 0.15) is 5.56 Å². The highest BCUT2D eigenvalue weighted by atomic mass is 32.2. The van der Waals surface area contributed by atoms with Gasteiger partial charge in [-0.05, 0) is 35.9 Å². The summed E-state index contributed by atoms with van der Waals surface area (Å²) < 4.78 is 0. The van der Waals surface area contributed by atoms with Crippen LogP contribution in [-0.2, 0) is 6.54 Å². The monoisotopic (exact) mass is 336 g/mol. The third-order valence-corrected chi connectivity index (χ3v) is 4.53. The van der Waals surface area contributed by atoms with Gasteiger partial charge in [-0.25, -0.2) is 0 Å². The van der Waals surface area contributed by atoms with E-state index in [4.69, 9.17) is 0 Å². The standard InChI is InChI=1S/C19H16N2O2S/c22-21(23)18-13-15(14-20-16-7-3-1-4-8-16)11-12-19(18)24-17-9-5-2-6-10-17/h1-13,20H,14H2. The lowest BCUT2D eigenvalue weighted by Gasteiger charge is -2.08. The second-order valence-corrected chi connectivity index (χ2v) is 6.31. The number of rotatable bonds is 6. The number of hydrogen-bond acceptors (Lipinski definition) is 4. The van der Waals surface area contributed by atoms with Crippen molar-refractivity contribution >= 4 is 23.1 Å². The lowest BCUT2D eigenvalue weighted by molar-refractivity contribution is -0.387. The molecule has 3 aromatic carbocycles. The summed E-state index contributed by atoms with van der Waals surface area (Å²) in [6, 6.07) is 24.8. The Morgan fingerprint density at radius 3 is 2.25 bits per heavy atom. The molecule has 120 valence electrons. The van der Waals surface area contributed by atoms with E-state index in [0.717, 1.165) is 16.1 Å². The van der Waals surface area contributed by atoms with E-state index in [0.29, 0.717) is 11.4 Å². The first-order chi connectivity index (χ1) is 11.7. The van der Waals surface area contributed by atoms with Gasteiger partial charge in [0.2, 0.25) is 0 Å². The van der Waals surface area contributed by atoms with E-state index in [1.165, 1.54) is 11.8 Å². The summed E-state index contributed by atoms with van der Waals surface area (Å²) in [5, 5.41) is 14.7. The molecule has 0 aliphatic heterocycles. The number of anilines is 1. The van der Waals surface area contributed by atoms with Gasteiger partial charge in [0.15, 0.2) is 0 Å². The number of nitrogens with zero attached hydrogens (tertiary/aromatic N) is 1.